The average molecular weight is 225 g/mol. The summed E-state index contributed by atoms with van der Waals surface area (Å²) >= 11 is 0. The van der Waals surface area contributed by atoms with Gasteiger partial charge in [0.2, 0.25) is 5.88 Å². The number of hydrogen-bond acceptors (Lipinski definition) is 3. The lowest BCUT2D eigenvalue weighted by Crippen LogP contribution is -2.22. The quantitative estimate of drug-likeness (QED) is 0.642. The second kappa shape index (κ2) is 8.22. The van der Waals surface area contributed by atoms with Crippen molar-refractivity contribution in [3.63, 3.8) is 0 Å². The Balaban J connectivity index is 1.98. The SMILES string of the molecule is CCCCCCCCOC1=CC=CCN1O. The topological polar surface area (TPSA) is 32.7 Å². The molecule has 1 N–H and O–H groups in total. The normalized spacial score (nSPS) is 15.1. The molecule has 1 heterocycles. The summed E-state index contributed by atoms with van der Waals surface area (Å²) in [6, 6.07) is 0. The second-order valence-corrected chi connectivity index (χ2v) is 4.13. The third-order valence-corrected chi connectivity index (χ3v) is 2.66. The van der Waals surface area contributed by atoms with E-state index in [2.05, 4.69) is 6.92 Å². The van der Waals surface area contributed by atoms with Crippen molar-refractivity contribution in [1.29, 1.82) is 0 Å². The second-order valence-electron chi connectivity index (χ2n) is 4.13. The zero-order chi connectivity index (χ0) is 11.6. The third-order valence-electron chi connectivity index (χ3n) is 2.66. The highest BCUT2D eigenvalue weighted by atomic mass is 16.6. The van der Waals surface area contributed by atoms with E-state index in [0.717, 1.165) is 11.5 Å². The van der Waals surface area contributed by atoms with E-state index < -0.39 is 0 Å². The third kappa shape index (κ3) is 5.21. The summed E-state index contributed by atoms with van der Waals surface area (Å²) in [6.45, 7) is 3.44. The Morgan fingerprint density at radius 1 is 1.25 bits per heavy atom. The van der Waals surface area contributed by atoms with Crippen LogP contribution in [0.3, 0.4) is 0 Å². The van der Waals surface area contributed by atoms with E-state index in [1.165, 1.54) is 32.1 Å². The van der Waals surface area contributed by atoms with Crippen LogP contribution in [0.15, 0.2) is 24.1 Å². The molecule has 0 spiro atoms. The van der Waals surface area contributed by atoms with Gasteiger partial charge in [0.15, 0.2) is 0 Å². The first-order valence-corrected chi connectivity index (χ1v) is 6.30. The molecule has 0 aromatic carbocycles. The lowest BCUT2D eigenvalue weighted by atomic mass is 10.1. The molecule has 0 aliphatic carbocycles. The van der Waals surface area contributed by atoms with Crippen molar-refractivity contribution in [2.75, 3.05) is 13.2 Å². The van der Waals surface area contributed by atoms with E-state index in [4.69, 9.17) is 4.74 Å². The van der Waals surface area contributed by atoms with Gasteiger partial charge >= 0.3 is 0 Å². The van der Waals surface area contributed by atoms with Crippen molar-refractivity contribution >= 4 is 0 Å². The van der Waals surface area contributed by atoms with E-state index in [0.29, 0.717) is 19.0 Å². The van der Waals surface area contributed by atoms with Crippen LogP contribution in [0.4, 0.5) is 0 Å². The Hall–Kier alpha value is -0.960. The standard InChI is InChI=1S/C13H23NO2/c1-2-3-4-5-6-9-12-16-13-10-7-8-11-14(13)15/h7-8,10,15H,2-6,9,11-12H2,1H3. The summed E-state index contributed by atoms with van der Waals surface area (Å²) < 4.78 is 5.49. The van der Waals surface area contributed by atoms with Gasteiger partial charge in [-0.1, -0.05) is 51.2 Å². The number of hydrogen-bond donors (Lipinski definition) is 1. The fourth-order valence-corrected chi connectivity index (χ4v) is 1.67. The van der Waals surface area contributed by atoms with Crippen LogP contribution in [0.2, 0.25) is 0 Å². The molecule has 0 aromatic heterocycles. The highest BCUT2D eigenvalue weighted by molar-refractivity contribution is 5.11. The summed E-state index contributed by atoms with van der Waals surface area (Å²) in [6.07, 6.45) is 13.1. The van der Waals surface area contributed by atoms with E-state index in [-0.39, 0.29) is 0 Å². The predicted octanol–water partition coefficient (Wildman–Crippen LogP) is 3.47. The molecule has 0 bridgehead atoms. The highest BCUT2D eigenvalue weighted by Crippen LogP contribution is 2.10. The zero-order valence-corrected chi connectivity index (χ0v) is 10.2. The molecule has 1 rings (SSSR count). The van der Waals surface area contributed by atoms with Crippen molar-refractivity contribution in [2.24, 2.45) is 0 Å². The molecule has 16 heavy (non-hydrogen) atoms. The highest BCUT2D eigenvalue weighted by Gasteiger charge is 2.07. The van der Waals surface area contributed by atoms with Gasteiger partial charge in [-0.3, -0.25) is 5.21 Å². The van der Waals surface area contributed by atoms with Crippen LogP contribution < -0.4 is 0 Å². The molecule has 0 unspecified atom stereocenters. The first-order chi connectivity index (χ1) is 7.84. The van der Waals surface area contributed by atoms with E-state index in [9.17, 15) is 5.21 Å². The number of hydroxylamine groups is 2. The Bertz CT molecular complexity index is 236. The number of unbranched alkanes of at least 4 members (excludes halogenated alkanes) is 5. The summed E-state index contributed by atoms with van der Waals surface area (Å²) in [5.74, 6) is 0.566. The fourth-order valence-electron chi connectivity index (χ4n) is 1.67. The smallest absolute Gasteiger partial charge is 0.213 e. The lowest BCUT2D eigenvalue weighted by molar-refractivity contribution is -0.0998. The molecule has 0 aromatic rings. The van der Waals surface area contributed by atoms with Gasteiger partial charge in [0.1, 0.15) is 0 Å². The molecule has 0 amide bonds. The minimum absolute atomic E-state index is 0.516. The van der Waals surface area contributed by atoms with Crippen LogP contribution >= 0.6 is 0 Å². The van der Waals surface area contributed by atoms with Gasteiger partial charge < -0.3 is 4.74 Å². The first-order valence-electron chi connectivity index (χ1n) is 6.30. The maximum atomic E-state index is 9.43. The fraction of sp³-hybridized carbons (Fsp3) is 0.692. The van der Waals surface area contributed by atoms with Crippen LogP contribution in [0.5, 0.6) is 0 Å². The molecule has 3 heteroatoms. The van der Waals surface area contributed by atoms with Gasteiger partial charge in [-0.2, -0.15) is 0 Å². The Morgan fingerprint density at radius 3 is 2.75 bits per heavy atom. The van der Waals surface area contributed by atoms with E-state index in [1.54, 1.807) is 6.08 Å². The predicted molar refractivity (Wildman–Crippen MR) is 65.0 cm³/mol. The molecule has 3 nitrogen and oxygen atoms in total. The molecule has 0 atom stereocenters. The van der Waals surface area contributed by atoms with Crippen LogP contribution in [0.1, 0.15) is 45.4 Å². The number of nitrogens with zero attached hydrogens (tertiary/aromatic N) is 1. The molecule has 1 aliphatic rings. The monoisotopic (exact) mass is 225 g/mol. The van der Waals surface area contributed by atoms with Gasteiger partial charge in [0, 0.05) is 6.08 Å². The molecular weight excluding hydrogens is 202 g/mol. The molecule has 0 radical (unpaired) electrons. The molecule has 1 aliphatic heterocycles. The average Bonchev–Trinajstić information content (AvgIpc) is 2.30. The maximum absolute atomic E-state index is 9.43. The zero-order valence-electron chi connectivity index (χ0n) is 10.2. The lowest BCUT2D eigenvalue weighted by Gasteiger charge is -2.20. The van der Waals surface area contributed by atoms with Crippen LogP contribution in [0.25, 0.3) is 0 Å². The molecule has 0 fully saturated rings. The molecule has 0 saturated carbocycles. The van der Waals surface area contributed by atoms with Gasteiger partial charge in [0.25, 0.3) is 0 Å². The minimum Gasteiger partial charge on any atom is -0.478 e. The molecule has 92 valence electrons. The summed E-state index contributed by atoms with van der Waals surface area (Å²) in [7, 11) is 0. The van der Waals surface area contributed by atoms with Crippen molar-refractivity contribution in [2.45, 2.75) is 45.4 Å². The number of rotatable bonds is 8. The van der Waals surface area contributed by atoms with Gasteiger partial charge in [-0.25, -0.2) is 5.06 Å². The largest absolute Gasteiger partial charge is 0.478 e. The Labute approximate surface area is 98.4 Å². The van der Waals surface area contributed by atoms with Gasteiger partial charge in [0.05, 0.1) is 13.2 Å². The first kappa shape index (κ1) is 13.1. The van der Waals surface area contributed by atoms with Gasteiger partial charge in [-0.15, -0.1) is 0 Å². The van der Waals surface area contributed by atoms with Crippen molar-refractivity contribution in [3.8, 4) is 0 Å². The van der Waals surface area contributed by atoms with E-state index in [1.807, 2.05) is 12.2 Å². The Morgan fingerprint density at radius 2 is 2.00 bits per heavy atom. The molecular formula is C13H23NO2. The maximum Gasteiger partial charge on any atom is 0.213 e. The van der Waals surface area contributed by atoms with Crippen molar-refractivity contribution in [1.82, 2.24) is 5.06 Å². The summed E-state index contributed by atoms with van der Waals surface area (Å²) in [5, 5.41) is 10.6. The minimum atomic E-state index is 0.516. The summed E-state index contributed by atoms with van der Waals surface area (Å²) in [5.41, 5.74) is 0. The number of ether oxygens (including phenoxy) is 1. The van der Waals surface area contributed by atoms with Crippen LogP contribution in [-0.4, -0.2) is 23.4 Å². The molecule has 0 saturated heterocycles. The Kier molecular flexibility index (Phi) is 6.74. The van der Waals surface area contributed by atoms with Crippen molar-refractivity contribution in [3.05, 3.63) is 24.1 Å². The number of allylic oxidation sites excluding steroid dienone is 2. The van der Waals surface area contributed by atoms with Crippen LogP contribution in [-0.2, 0) is 4.74 Å². The van der Waals surface area contributed by atoms with Crippen LogP contribution in [0, 0.1) is 0 Å². The van der Waals surface area contributed by atoms with Crippen molar-refractivity contribution < 1.29 is 9.94 Å². The van der Waals surface area contributed by atoms with Gasteiger partial charge in [-0.05, 0) is 6.42 Å². The van der Waals surface area contributed by atoms with E-state index >= 15 is 0 Å². The summed E-state index contributed by atoms with van der Waals surface area (Å²) in [4.78, 5) is 0.